The monoisotopic (exact) mass is 348 g/mol. The molecule has 2 atom stereocenters. The number of fused-ring (bicyclic) bond motifs is 2. The van der Waals surface area contributed by atoms with Gasteiger partial charge in [0.25, 0.3) is 0 Å². The van der Waals surface area contributed by atoms with E-state index < -0.39 is 0 Å². The van der Waals surface area contributed by atoms with Gasteiger partial charge in [-0.2, -0.15) is 0 Å². The largest absolute Gasteiger partial charge is 0.334 e. The van der Waals surface area contributed by atoms with E-state index in [0.717, 1.165) is 24.4 Å². The summed E-state index contributed by atoms with van der Waals surface area (Å²) in [5, 5.41) is 4.37. The van der Waals surface area contributed by atoms with Crippen LogP contribution in [0.2, 0.25) is 0 Å². The number of aryl methyl sites for hydroxylation is 2. The molecule has 1 N–H and O–H groups in total. The van der Waals surface area contributed by atoms with Crippen molar-refractivity contribution in [3.8, 4) is 0 Å². The molecule has 0 unspecified atom stereocenters. The van der Waals surface area contributed by atoms with Crippen molar-refractivity contribution >= 4 is 17.4 Å². The fourth-order valence-electron chi connectivity index (χ4n) is 4.43. The average Bonchev–Trinajstić information content (AvgIpc) is 3.18. The number of hydrogen-bond acceptors (Lipinski definition) is 4. The number of aromatic nitrogens is 1. The van der Waals surface area contributed by atoms with Crippen LogP contribution in [0, 0.1) is 0 Å². The molecule has 1 aromatic heterocycles. The van der Waals surface area contributed by atoms with Crippen molar-refractivity contribution in [2.24, 2.45) is 0 Å². The van der Waals surface area contributed by atoms with E-state index in [1.807, 2.05) is 7.05 Å². The Bertz CT molecular complexity index is 578. The predicted octanol–water partition coefficient (Wildman–Crippen LogP) is 2.79. The molecule has 1 aromatic rings. The van der Waals surface area contributed by atoms with Crippen molar-refractivity contribution in [3.63, 3.8) is 0 Å². The van der Waals surface area contributed by atoms with Crippen molar-refractivity contribution < 1.29 is 4.79 Å². The lowest BCUT2D eigenvalue weighted by Gasteiger charge is -2.33. The molecule has 0 spiro atoms. The predicted molar refractivity (Wildman–Crippen MR) is 96.4 cm³/mol. The van der Waals surface area contributed by atoms with Crippen molar-refractivity contribution in [2.75, 3.05) is 20.1 Å². The van der Waals surface area contributed by atoms with Crippen molar-refractivity contribution in [1.29, 1.82) is 0 Å². The quantitative estimate of drug-likeness (QED) is 0.914. The Balaban J connectivity index is 1.33. The fourth-order valence-corrected chi connectivity index (χ4v) is 5.64. The number of nitrogens with zero attached hydrogens (tertiary/aromatic N) is 3. The molecule has 132 valence electrons. The minimum Gasteiger partial charge on any atom is -0.334 e. The molecule has 24 heavy (non-hydrogen) atoms. The van der Waals surface area contributed by atoms with Crippen LogP contribution in [0.3, 0.4) is 0 Å². The van der Waals surface area contributed by atoms with Gasteiger partial charge in [0.05, 0.1) is 12.2 Å². The summed E-state index contributed by atoms with van der Waals surface area (Å²) in [7, 11) is 1.89. The first-order valence-corrected chi connectivity index (χ1v) is 10.3. The smallest absolute Gasteiger partial charge is 0.317 e. The highest BCUT2D eigenvalue weighted by atomic mass is 32.1. The van der Waals surface area contributed by atoms with E-state index in [0.29, 0.717) is 18.6 Å². The minimum atomic E-state index is 0.0561. The van der Waals surface area contributed by atoms with Crippen LogP contribution in [-0.4, -0.2) is 53.0 Å². The SMILES string of the molecule is CN(Cc1nc2c(s1)CCCC2)C(=O)N[C@@H]1CCN2CCCC[C@@H]12. The summed E-state index contributed by atoms with van der Waals surface area (Å²) < 4.78 is 0. The number of urea groups is 1. The van der Waals surface area contributed by atoms with Crippen LogP contribution >= 0.6 is 11.3 Å². The van der Waals surface area contributed by atoms with Crippen LogP contribution in [0.1, 0.15) is 54.1 Å². The van der Waals surface area contributed by atoms with Crippen molar-refractivity contribution in [2.45, 2.75) is 70.0 Å². The number of thiazole rings is 1. The minimum absolute atomic E-state index is 0.0561. The second kappa shape index (κ2) is 7.00. The highest BCUT2D eigenvalue weighted by molar-refractivity contribution is 7.11. The van der Waals surface area contributed by atoms with Crippen LogP contribution in [0.4, 0.5) is 4.79 Å². The van der Waals surface area contributed by atoms with E-state index in [1.165, 1.54) is 55.6 Å². The fraction of sp³-hybridized carbons (Fsp3) is 0.778. The maximum absolute atomic E-state index is 12.6. The number of nitrogens with one attached hydrogen (secondary N) is 1. The summed E-state index contributed by atoms with van der Waals surface area (Å²) in [6.45, 7) is 2.97. The summed E-state index contributed by atoms with van der Waals surface area (Å²) in [5.41, 5.74) is 1.28. The van der Waals surface area contributed by atoms with Crippen molar-refractivity contribution in [3.05, 3.63) is 15.6 Å². The molecular weight excluding hydrogens is 320 g/mol. The molecule has 2 aliphatic heterocycles. The van der Waals surface area contributed by atoms with E-state index in [9.17, 15) is 4.79 Å². The maximum Gasteiger partial charge on any atom is 0.317 e. The van der Waals surface area contributed by atoms with Crippen LogP contribution in [-0.2, 0) is 19.4 Å². The van der Waals surface area contributed by atoms with Gasteiger partial charge >= 0.3 is 6.03 Å². The van der Waals surface area contributed by atoms with Crippen LogP contribution in [0.25, 0.3) is 0 Å². The van der Waals surface area contributed by atoms with E-state index in [2.05, 4.69) is 10.2 Å². The first-order valence-electron chi connectivity index (χ1n) is 9.44. The molecule has 2 saturated heterocycles. The Hall–Kier alpha value is -1.14. The molecule has 5 nitrogen and oxygen atoms in total. The number of rotatable bonds is 3. The van der Waals surface area contributed by atoms with Gasteiger partial charge in [0.2, 0.25) is 0 Å². The summed E-state index contributed by atoms with van der Waals surface area (Å²) in [6, 6.07) is 0.939. The first kappa shape index (κ1) is 16.3. The Kier molecular flexibility index (Phi) is 4.77. The molecule has 4 rings (SSSR count). The highest BCUT2D eigenvalue weighted by Crippen LogP contribution is 2.28. The molecule has 1 aliphatic carbocycles. The lowest BCUT2D eigenvalue weighted by atomic mass is 9.99. The zero-order valence-corrected chi connectivity index (χ0v) is 15.4. The van der Waals surface area contributed by atoms with Gasteiger partial charge < -0.3 is 10.2 Å². The van der Waals surface area contributed by atoms with Gasteiger partial charge in [-0.3, -0.25) is 4.90 Å². The Morgan fingerprint density at radius 1 is 1.25 bits per heavy atom. The normalized spacial score (nSPS) is 26.7. The average molecular weight is 349 g/mol. The summed E-state index contributed by atoms with van der Waals surface area (Å²) >= 11 is 1.80. The lowest BCUT2D eigenvalue weighted by molar-refractivity contribution is 0.170. The van der Waals surface area contributed by atoms with Crippen molar-refractivity contribution in [1.82, 2.24) is 20.1 Å². The molecule has 6 heteroatoms. The molecule has 2 fully saturated rings. The number of amides is 2. The molecule has 0 aromatic carbocycles. The number of carbonyl (C=O) groups excluding carboxylic acids is 1. The molecule has 0 radical (unpaired) electrons. The second-order valence-corrected chi connectivity index (χ2v) is 8.65. The Morgan fingerprint density at radius 3 is 3.00 bits per heavy atom. The lowest BCUT2D eigenvalue weighted by Crippen LogP contribution is -2.49. The molecular formula is C18H28N4OS. The standard InChI is InChI=1S/C18H28N4OS/c1-21(12-17-19-14-6-2-3-8-16(14)24-17)18(23)20-13-9-11-22-10-5-4-7-15(13)22/h13,15H,2-12H2,1H3,(H,20,23)/t13-,15+/m1/s1. The van der Waals surface area contributed by atoms with Gasteiger partial charge in [-0.15, -0.1) is 11.3 Å². The van der Waals surface area contributed by atoms with E-state index in [-0.39, 0.29) is 6.03 Å². The van der Waals surface area contributed by atoms with E-state index in [4.69, 9.17) is 4.98 Å². The summed E-state index contributed by atoms with van der Waals surface area (Å²) in [6.07, 6.45) is 9.75. The summed E-state index contributed by atoms with van der Waals surface area (Å²) in [4.78, 5) is 23.2. The molecule has 3 heterocycles. The molecule has 0 saturated carbocycles. The number of hydrogen-bond donors (Lipinski definition) is 1. The zero-order chi connectivity index (χ0) is 16.5. The molecule has 3 aliphatic rings. The molecule has 2 amide bonds. The highest BCUT2D eigenvalue weighted by Gasteiger charge is 2.36. The van der Waals surface area contributed by atoms with E-state index >= 15 is 0 Å². The van der Waals surface area contributed by atoms with Gasteiger partial charge in [-0.05, 0) is 51.5 Å². The van der Waals surface area contributed by atoms with Gasteiger partial charge in [0.15, 0.2) is 0 Å². The van der Waals surface area contributed by atoms with E-state index in [1.54, 1.807) is 16.2 Å². The van der Waals surface area contributed by atoms with Gasteiger partial charge in [-0.25, -0.2) is 9.78 Å². The third kappa shape index (κ3) is 3.31. The Labute approximate surface area is 148 Å². The zero-order valence-electron chi connectivity index (χ0n) is 14.6. The van der Waals surface area contributed by atoms with Crippen LogP contribution < -0.4 is 5.32 Å². The summed E-state index contributed by atoms with van der Waals surface area (Å²) in [5.74, 6) is 0. The van der Waals surface area contributed by atoms with Crippen LogP contribution in [0.15, 0.2) is 0 Å². The molecule has 0 bridgehead atoms. The van der Waals surface area contributed by atoms with Gasteiger partial charge in [0.1, 0.15) is 5.01 Å². The topological polar surface area (TPSA) is 48.5 Å². The number of piperidine rings is 1. The maximum atomic E-state index is 12.6. The third-order valence-electron chi connectivity index (χ3n) is 5.77. The van der Waals surface area contributed by atoms with Gasteiger partial charge in [0, 0.05) is 30.6 Å². The first-order chi connectivity index (χ1) is 11.7. The van der Waals surface area contributed by atoms with Gasteiger partial charge in [-0.1, -0.05) is 6.42 Å². The Morgan fingerprint density at radius 2 is 2.12 bits per heavy atom. The third-order valence-corrected chi connectivity index (χ3v) is 6.92. The second-order valence-electron chi connectivity index (χ2n) is 7.48. The van der Waals surface area contributed by atoms with Crippen LogP contribution in [0.5, 0.6) is 0 Å². The number of carbonyl (C=O) groups is 1.